The molecule has 12 bridgehead atoms. The average Bonchev–Trinajstić information content (AvgIpc) is 0.854. The summed E-state index contributed by atoms with van der Waals surface area (Å²) in [6.45, 7) is 65.6. The quantitative estimate of drug-likeness (QED) is 0.216. The van der Waals surface area contributed by atoms with E-state index in [2.05, 4.69) is 187 Å². The second kappa shape index (κ2) is 49.0. The molecule has 0 amide bonds. The Balaban J connectivity index is 0.000000114. The van der Waals surface area contributed by atoms with Gasteiger partial charge in [0.15, 0.2) is 0 Å². The van der Waals surface area contributed by atoms with Crippen LogP contribution >= 0.6 is 0 Å². The normalized spacial score (nSPS) is 42.5. The van der Waals surface area contributed by atoms with E-state index in [0.29, 0.717) is 48.7 Å². The smallest absolute Gasteiger partial charge is 0.0238 e. The molecule has 27 fully saturated rings. The van der Waals surface area contributed by atoms with Crippen molar-refractivity contribution in [3.63, 3.8) is 0 Å². The Labute approximate surface area is 927 Å². The Morgan fingerprint density at radius 1 is 0.155 bits per heavy atom. The first-order valence-electron chi connectivity index (χ1n) is 69.5. The highest BCUT2D eigenvalue weighted by Crippen LogP contribution is 2.71. The SMILES string of the molecule is CC(C)(C)CC12CC3CC(CC(C3)C1)C2.CC(C)(C)CC1C2CC3CC(C2)CC1C3.CC(C)(C)CC1C2CCCCC2C2CCCCC21.CC(C)(C)CC1C2CCCCC2CC2CCCCC21.CC(C)(C)CC1CC2C3CCC(C3)C2C1.CC(C)(C)CC1CCC2(CCCC2)CC1.CC(C)(C)CC1CCC2(CCCCC2)CC1.CC(C)(C)CC1CCC23CCCCC2(CCCC3)C1.CC(C)(C)CC1CCC2C3CCC(C3)C2C1. The van der Waals surface area contributed by atoms with E-state index in [-0.39, 0.29) is 0 Å². The molecule has 0 N–H and O–H groups in total. The summed E-state index contributed by atoms with van der Waals surface area (Å²) < 4.78 is 0. The van der Waals surface area contributed by atoms with Crippen molar-refractivity contribution in [2.24, 2.45) is 259 Å². The molecule has 2 spiro atoms. The number of hydrogen-bond acceptors (Lipinski definition) is 0. The molecule has 0 aromatic rings. The molecule has 18 atom stereocenters. The lowest BCUT2D eigenvalue weighted by molar-refractivity contribution is -0.111. The fraction of sp³-hybridized carbons (Fsp3) is 1.00. The molecule has 0 heterocycles. The van der Waals surface area contributed by atoms with Gasteiger partial charge in [-0.1, -0.05) is 315 Å². The molecule has 27 aliphatic rings. The van der Waals surface area contributed by atoms with Crippen molar-refractivity contribution in [2.45, 2.75) is 675 Å². The number of fused-ring (bicyclic) bond motifs is 15. The van der Waals surface area contributed by atoms with Crippen molar-refractivity contribution in [3.8, 4) is 0 Å². The molecule has 856 valence electrons. The van der Waals surface area contributed by atoms with E-state index in [4.69, 9.17) is 0 Å². The zero-order chi connectivity index (χ0) is 106. The minimum absolute atomic E-state index is 0.532. The highest BCUT2D eigenvalue weighted by atomic mass is 14.7. The van der Waals surface area contributed by atoms with Gasteiger partial charge in [-0.25, -0.2) is 0 Å². The minimum atomic E-state index is 0.532. The Kier molecular flexibility index (Phi) is 39.3. The van der Waals surface area contributed by atoms with Gasteiger partial charge in [-0.15, -0.1) is 0 Å². The summed E-state index contributed by atoms with van der Waals surface area (Å²) in [5, 5.41) is 0. The second-order valence-electron chi connectivity index (χ2n) is 74.1. The van der Waals surface area contributed by atoms with Crippen LogP contribution in [0.15, 0.2) is 0 Å². The summed E-state index contributed by atoms with van der Waals surface area (Å²) in [4.78, 5) is 0. The molecule has 18 unspecified atom stereocenters. The van der Waals surface area contributed by atoms with E-state index in [1.54, 1.807) is 295 Å². The predicted molar refractivity (Wildman–Crippen MR) is 646 cm³/mol. The highest BCUT2D eigenvalue weighted by Gasteiger charge is 2.60. The van der Waals surface area contributed by atoms with Gasteiger partial charge in [-0.2, -0.15) is 0 Å². The van der Waals surface area contributed by atoms with Gasteiger partial charge < -0.3 is 0 Å². The predicted octanol–water partition coefficient (Wildman–Crippen LogP) is 47.3. The van der Waals surface area contributed by atoms with E-state index < -0.39 is 0 Å². The van der Waals surface area contributed by atoms with Gasteiger partial charge in [0, 0.05) is 0 Å². The highest BCUT2D eigenvalue weighted by molar-refractivity contribution is 5.11. The van der Waals surface area contributed by atoms with E-state index >= 15 is 0 Å². The monoisotopic (exact) mass is 2040 g/mol. The summed E-state index contributed by atoms with van der Waals surface area (Å²) in [5.74, 6) is 34.6. The van der Waals surface area contributed by atoms with Gasteiger partial charge in [0.1, 0.15) is 0 Å². The van der Waals surface area contributed by atoms with Crippen LogP contribution in [-0.2, 0) is 0 Å². The third-order valence-electron chi connectivity index (χ3n) is 50.7. The molecule has 27 rings (SSSR count). The maximum absolute atomic E-state index is 2.47. The largest absolute Gasteiger partial charge is 0.0602 e. The van der Waals surface area contributed by atoms with Crippen LogP contribution in [-0.4, -0.2) is 0 Å². The molecule has 0 aliphatic heterocycles. The van der Waals surface area contributed by atoms with Crippen LogP contribution in [0.2, 0.25) is 0 Å². The average molecular weight is 2040 g/mol. The van der Waals surface area contributed by atoms with Gasteiger partial charge in [0.2, 0.25) is 0 Å². The van der Waals surface area contributed by atoms with Crippen molar-refractivity contribution < 1.29 is 0 Å². The Morgan fingerprint density at radius 2 is 0.446 bits per heavy atom. The molecule has 0 radical (unpaired) electrons. The molecule has 148 heavy (non-hydrogen) atoms. The third-order valence-corrected chi connectivity index (χ3v) is 50.7. The second-order valence-corrected chi connectivity index (χ2v) is 74.1. The lowest BCUT2D eigenvalue weighted by Crippen LogP contribution is -2.51. The van der Waals surface area contributed by atoms with Crippen LogP contribution in [0.25, 0.3) is 0 Å². The first-order chi connectivity index (χ1) is 69.5. The minimum Gasteiger partial charge on any atom is -0.0602 e. The molecule has 0 saturated heterocycles. The van der Waals surface area contributed by atoms with Gasteiger partial charge in [-0.05, 0) is 619 Å². The Bertz CT molecular complexity index is 3770. The topological polar surface area (TPSA) is 0 Å². The van der Waals surface area contributed by atoms with Gasteiger partial charge in [-0.3, -0.25) is 0 Å². The van der Waals surface area contributed by atoms with Crippen LogP contribution in [0.1, 0.15) is 675 Å². The molecule has 0 heteroatoms. The molecule has 0 aromatic heterocycles. The van der Waals surface area contributed by atoms with Crippen LogP contribution in [0, 0.1) is 259 Å². The first kappa shape index (κ1) is 119. The van der Waals surface area contributed by atoms with Crippen LogP contribution < -0.4 is 0 Å². The number of rotatable bonds is 9. The van der Waals surface area contributed by atoms with Gasteiger partial charge in [0.05, 0.1) is 0 Å². The molecular weight excluding hydrogens is 1780 g/mol. The zero-order valence-electron chi connectivity index (χ0n) is 106. The molecular formula is C148H264. The summed E-state index contributed by atoms with van der Waals surface area (Å²) in [7, 11) is 0. The third kappa shape index (κ3) is 32.1. The van der Waals surface area contributed by atoms with Gasteiger partial charge >= 0.3 is 0 Å². The first-order valence-corrected chi connectivity index (χ1v) is 69.5. The number of hydrogen-bond donors (Lipinski definition) is 0. The maximum atomic E-state index is 2.47. The lowest BCUT2D eigenvalue weighted by atomic mass is 9.43. The zero-order valence-corrected chi connectivity index (χ0v) is 106. The van der Waals surface area contributed by atoms with Crippen molar-refractivity contribution >= 4 is 0 Å². The van der Waals surface area contributed by atoms with Crippen molar-refractivity contribution in [2.75, 3.05) is 0 Å². The lowest BCUT2D eigenvalue weighted by Gasteiger charge is -2.62. The fourth-order valence-electron chi connectivity index (χ4n) is 47.4. The van der Waals surface area contributed by atoms with Gasteiger partial charge in [0.25, 0.3) is 0 Å². The Morgan fingerprint density at radius 3 is 0.838 bits per heavy atom. The summed E-state index contributed by atoms with van der Waals surface area (Å²) >= 11 is 0. The summed E-state index contributed by atoms with van der Waals surface area (Å²) in [6, 6.07) is 0. The fourth-order valence-corrected chi connectivity index (χ4v) is 47.4. The molecule has 0 nitrogen and oxygen atoms in total. The van der Waals surface area contributed by atoms with E-state index in [0.717, 1.165) is 211 Å². The maximum Gasteiger partial charge on any atom is -0.0238 e. The molecule has 27 aliphatic carbocycles. The van der Waals surface area contributed by atoms with Crippen LogP contribution in [0.4, 0.5) is 0 Å². The summed E-state index contributed by atoms with van der Waals surface area (Å²) in [5.41, 5.74) is 8.93. The van der Waals surface area contributed by atoms with E-state index in [1.165, 1.54) is 193 Å². The molecule has 27 saturated carbocycles. The summed E-state index contributed by atoms with van der Waals surface area (Å²) in [6.07, 6.45) is 118. The standard InChI is InChI=1S/2C19H34.C18H32.C16H28.C16H30.3C15H26.C15H28/c1-17(2,3)14-16-8-13-18-9-4-6-11-19(18,15-16)12-7-5-10-18;1-19(2,3)13-18-16-10-6-4-8-14(16)12-15-9-5-7-11-17(15)18;1-18(2,3)12-17-15-10-6-4-8-13(15)14-9-5-7-11-16(14)17;1-16(2,3)10-11-4-7-14-12-5-6-13(9-12)15(14)8-11;1-15(2,3)13-14-7-11-16(12-8-14)9-5-4-6-10-16;1-14(2,3)10-15-7-11-4-12(8-15)6-13(5-11)9-15;1-15(2,3)9-14-12-5-10-4-11(7-12)8-13(14)6-10;1-15(2,3)9-10-6-13-11-4-5-12(8-11)14(13)7-10;1-14(2,3)12-13-6-10-15(11-7-13)8-4-5-9-15/h16H,4-15H2,1-3H3;14-18H,4-13H2,1-3H3;13-17H,4-12H2,1-3H3;11-15H,4-10H2,1-3H3;14H,4-13H2,1-3H3;11-13H,4-10H2,1-3H3;2*10-14H,4-9H2,1-3H3;13H,4-12H2,1-3H3. The van der Waals surface area contributed by atoms with E-state index in [9.17, 15) is 0 Å². The van der Waals surface area contributed by atoms with Crippen molar-refractivity contribution in [3.05, 3.63) is 0 Å². The van der Waals surface area contributed by atoms with E-state index in [1.807, 2.05) is 0 Å². The van der Waals surface area contributed by atoms with Crippen molar-refractivity contribution in [1.29, 1.82) is 0 Å². The van der Waals surface area contributed by atoms with Crippen LogP contribution in [0.5, 0.6) is 0 Å². The van der Waals surface area contributed by atoms with Crippen LogP contribution in [0.3, 0.4) is 0 Å². The van der Waals surface area contributed by atoms with Crippen molar-refractivity contribution in [1.82, 2.24) is 0 Å². The Hall–Kier alpha value is 0. The molecule has 0 aromatic carbocycles.